The molecule has 2 N–H and O–H groups in total. The first-order valence-corrected chi connectivity index (χ1v) is 7.75. The second-order valence-electron chi connectivity index (χ2n) is 4.24. The molecule has 1 amide bonds. The zero-order valence-corrected chi connectivity index (χ0v) is 11.7. The third-order valence-corrected chi connectivity index (χ3v) is 4.19. The zero-order chi connectivity index (χ0) is 14.2. The highest BCUT2D eigenvalue weighted by Crippen LogP contribution is 2.36. The Bertz CT molecular complexity index is 617. The second-order valence-corrected chi connectivity index (χ2v) is 6.59. The molecule has 19 heavy (non-hydrogen) atoms. The van der Waals surface area contributed by atoms with Gasteiger partial charge in [0.05, 0.1) is 11.9 Å². The second kappa shape index (κ2) is 4.90. The number of hydrogen-bond acceptors (Lipinski definition) is 4. The minimum Gasteiger partial charge on any atom is -0.478 e. The summed E-state index contributed by atoms with van der Waals surface area (Å²) in [5.74, 6) is -0.354. The summed E-state index contributed by atoms with van der Waals surface area (Å²) >= 11 is 5.88. The summed E-state index contributed by atoms with van der Waals surface area (Å²) in [5, 5.41) is 0.383. The molecule has 1 atom stereocenters. The third-order valence-electron chi connectivity index (χ3n) is 2.77. The summed E-state index contributed by atoms with van der Waals surface area (Å²) in [6, 6.07) is 4.57. The number of primary amides is 1. The van der Waals surface area contributed by atoms with Gasteiger partial charge in [-0.2, -0.15) is 0 Å². The molecule has 104 valence electrons. The van der Waals surface area contributed by atoms with Crippen LogP contribution in [-0.4, -0.2) is 33.2 Å². The number of rotatable bonds is 2. The van der Waals surface area contributed by atoms with Crippen LogP contribution in [0, 0.1) is 0 Å². The van der Waals surface area contributed by atoms with Gasteiger partial charge >= 0.3 is 0 Å². The van der Waals surface area contributed by atoms with Gasteiger partial charge in [-0.05, 0) is 18.2 Å². The summed E-state index contributed by atoms with van der Waals surface area (Å²) in [6.07, 6.45) is 0.420. The summed E-state index contributed by atoms with van der Waals surface area (Å²) < 4.78 is 30.2. The number of fused-ring (bicyclic) bond motifs is 1. The van der Waals surface area contributed by atoms with Gasteiger partial charge < -0.3 is 10.5 Å². The highest BCUT2D eigenvalue weighted by molar-refractivity contribution is 7.92. The Kier molecular flexibility index (Phi) is 3.60. The van der Waals surface area contributed by atoms with Crippen molar-refractivity contribution >= 4 is 33.2 Å². The van der Waals surface area contributed by atoms with Gasteiger partial charge in [0.15, 0.2) is 6.10 Å². The van der Waals surface area contributed by atoms with Crippen molar-refractivity contribution < 1.29 is 17.9 Å². The van der Waals surface area contributed by atoms with Gasteiger partial charge in [0.2, 0.25) is 10.0 Å². The molecular formula is C11H13ClN2O4S. The van der Waals surface area contributed by atoms with Crippen molar-refractivity contribution in [1.29, 1.82) is 0 Å². The monoisotopic (exact) mass is 304 g/mol. The van der Waals surface area contributed by atoms with Gasteiger partial charge in [0.1, 0.15) is 5.75 Å². The first-order chi connectivity index (χ1) is 8.79. The van der Waals surface area contributed by atoms with E-state index in [1.54, 1.807) is 6.07 Å². The Hall–Kier alpha value is -1.47. The Morgan fingerprint density at radius 2 is 2.21 bits per heavy atom. The molecule has 6 nitrogen and oxygen atoms in total. The first-order valence-electron chi connectivity index (χ1n) is 5.52. The van der Waals surface area contributed by atoms with Gasteiger partial charge in [0, 0.05) is 18.0 Å². The van der Waals surface area contributed by atoms with Crippen LogP contribution in [0.1, 0.15) is 6.42 Å². The molecule has 1 aliphatic rings. The number of carbonyl (C=O) groups is 1. The largest absolute Gasteiger partial charge is 0.478 e. The van der Waals surface area contributed by atoms with Gasteiger partial charge in [0.25, 0.3) is 5.91 Å². The molecule has 1 aromatic carbocycles. The van der Waals surface area contributed by atoms with E-state index in [1.807, 2.05) is 0 Å². The maximum atomic E-state index is 11.8. The Balaban J connectivity index is 2.53. The molecule has 0 bridgehead atoms. The smallest absolute Gasteiger partial charge is 0.258 e. The summed E-state index contributed by atoms with van der Waals surface area (Å²) in [7, 11) is -3.49. The molecule has 0 saturated heterocycles. The molecule has 8 heteroatoms. The van der Waals surface area contributed by atoms with Crippen molar-refractivity contribution in [2.24, 2.45) is 5.73 Å². The summed E-state index contributed by atoms with van der Waals surface area (Å²) in [6.45, 7) is 0.111. The topological polar surface area (TPSA) is 89.7 Å². The molecule has 0 fully saturated rings. The van der Waals surface area contributed by atoms with Crippen LogP contribution in [-0.2, 0) is 14.8 Å². The molecule has 0 unspecified atom stereocenters. The van der Waals surface area contributed by atoms with Crippen LogP contribution < -0.4 is 14.8 Å². The van der Waals surface area contributed by atoms with Crippen LogP contribution >= 0.6 is 11.6 Å². The van der Waals surface area contributed by atoms with Gasteiger partial charge in [-0.3, -0.25) is 9.10 Å². The SMILES string of the molecule is CS(=O)(=O)N1CC[C@H](C(N)=O)Oc2ccc(Cl)cc21. The van der Waals surface area contributed by atoms with E-state index >= 15 is 0 Å². The molecule has 0 aromatic heterocycles. The lowest BCUT2D eigenvalue weighted by Crippen LogP contribution is -2.36. The fraction of sp³-hybridized carbons (Fsp3) is 0.364. The van der Waals surface area contributed by atoms with Crippen LogP contribution in [0.15, 0.2) is 18.2 Å². The Labute approximate surface area is 116 Å². The number of benzene rings is 1. The van der Waals surface area contributed by atoms with Crippen molar-refractivity contribution in [3.8, 4) is 5.75 Å². The van der Waals surface area contributed by atoms with Gasteiger partial charge in [-0.1, -0.05) is 11.6 Å². The summed E-state index contributed by atoms with van der Waals surface area (Å²) in [5.41, 5.74) is 5.54. The highest BCUT2D eigenvalue weighted by atomic mass is 35.5. The maximum absolute atomic E-state index is 11.8. The number of sulfonamides is 1. The number of anilines is 1. The van der Waals surface area contributed by atoms with Crippen molar-refractivity contribution in [2.75, 3.05) is 17.1 Å². The van der Waals surface area contributed by atoms with Crippen LogP contribution in [0.25, 0.3) is 0 Å². The van der Waals surface area contributed by atoms with E-state index in [1.165, 1.54) is 12.1 Å². The lowest BCUT2D eigenvalue weighted by Gasteiger charge is -2.21. The molecule has 1 heterocycles. The fourth-order valence-corrected chi connectivity index (χ4v) is 3.00. The number of carbonyl (C=O) groups excluding carboxylic acids is 1. The van der Waals surface area contributed by atoms with Gasteiger partial charge in [-0.15, -0.1) is 0 Å². The van der Waals surface area contributed by atoms with Crippen LogP contribution in [0.5, 0.6) is 5.75 Å². The molecule has 1 aliphatic heterocycles. The number of nitrogens with zero attached hydrogens (tertiary/aromatic N) is 1. The molecule has 0 spiro atoms. The quantitative estimate of drug-likeness (QED) is 0.872. The molecule has 1 aromatic rings. The average Bonchev–Trinajstić information content (AvgIpc) is 2.47. The van der Waals surface area contributed by atoms with E-state index in [0.29, 0.717) is 10.7 Å². The van der Waals surface area contributed by atoms with E-state index in [2.05, 4.69) is 0 Å². The Morgan fingerprint density at radius 1 is 1.53 bits per heavy atom. The lowest BCUT2D eigenvalue weighted by atomic mass is 10.2. The van der Waals surface area contributed by atoms with E-state index < -0.39 is 22.0 Å². The molecular weight excluding hydrogens is 292 g/mol. The van der Waals surface area contributed by atoms with Gasteiger partial charge in [-0.25, -0.2) is 8.42 Å². The van der Waals surface area contributed by atoms with Crippen LogP contribution in [0.2, 0.25) is 5.02 Å². The molecule has 0 saturated carbocycles. The van der Waals surface area contributed by atoms with Crippen LogP contribution in [0.4, 0.5) is 5.69 Å². The first kappa shape index (κ1) is 14.0. The summed E-state index contributed by atoms with van der Waals surface area (Å²) in [4.78, 5) is 11.2. The van der Waals surface area contributed by atoms with Crippen molar-refractivity contribution in [3.05, 3.63) is 23.2 Å². The molecule has 2 rings (SSSR count). The van der Waals surface area contributed by atoms with Crippen molar-refractivity contribution in [2.45, 2.75) is 12.5 Å². The third kappa shape index (κ3) is 2.93. The predicted octanol–water partition coefficient (Wildman–Crippen LogP) is 0.742. The molecule has 0 aliphatic carbocycles. The maximum Gasteiger partial charge on any atom is 0.258 e. The van der Waals surface area contributed by atoms with E-state index in [4.69, 9.17) is 22.1 Å². The number of nitrogens with two attached hydrogens (primary N) is 1. The number of ether oxygens (including phenoxy) is 1. The van der Waals surface area contributed by atoms with Crippen molar-refractivity contribution in [1.82, 2.24) is 0 Å². The normalized spacial score (nSPS) is 19.3. The van der Waals surface area contributed by atoms with Crippen LogP contribution in [0.3, 0.4) is 0 Å². The number of hydrogen-bond donors (Lipinski definition) is 1. The minimum absolute atomic E-state index is 0.111. The predicted molar refractivity (Wildman–Crippen MR) is 71.9 cm³/mol. The fourth-order valence-electron chi connectivity index (χ4n) is 1.90. The minimum atomic E-state index is -3.49. The number of halogens is 1. The lowest BCUT2D eigenvalue weighted by molar-refractivity contribution is -0.124. The number of amides is 1. The average molecular weight is 305 g/mol. The Morgan fingerprint density at radius 3 is 2.79 bits per heavy atom. The highest BCUT2D eigenvalue weighted by Gasteiger charge is 2.30. The molecule has 0 radical (unpaired) electrons. The van der Waals surface area contributed by atoms with E-state index in [9.17, 15) is 13.2 Å². The zero-order valence-electron chi connectivity index (χ0n) is 10.2. The van der Waals surface area contributed by atoms with E-state index in [-0.39, 0.29) is 18.7 Å². The van der Waals surface area contributed by atoms with Crippen molar-refractivity contribution in [3.63, 3.8) is 0 Å². The van der Waals surface area contributed by atoms with E-state index in [0.717, 1.165) is 10.6 Å². The standard InChI is InChI=1S/C11H13ClN2O4S/c1-19(16,17)14-5-4-10(11(13)15)18-9-3-2-7(12)6-8(9)14/h2-3,6,10H,4-5H2,1H3,(H2,13,15)/t10-/m1/s1.